The van der Waals surface area contributed by atoms with E-state index in [4.69, 9.17) is 14.4 Å². The molecule has 0 amide bonds. The molecule has 1 radical (unpaired) electrons. The Labute approximate surface area is 300 Å². The predicted octanol–water partition coefficient (Wildman–Crippen LogP) is 10.4. The average molecular weight is 869 g/mol. The molecule has 48 heavy (non-hydrogen) atoms. The number of hydrogen-bond acceptors (Lipinski definition) is 4. The van der Waals surface area contributed by atoms with Crippen molar-refractivity contribution in [3.63, 3.8) is 0 Å². The van der Waals surface area contributed by atoms with Crippen molar-refractivity contribution in [1.29, 1.82) is 0 Å². The molecule has 245 valence electrons. The molecular weight excluding hydrogens is 827 g/mol. The average Bonchev–Trinajstić information content (AvgIpc) is 3.43. The molecule has 0 saturated heterocycles. The van der Waals surface area contributed by atoms with Gasteiger partial charge < -0.3 is 9.40 Å². The molecule has 0 fully saturated rings. The molecule has 0 spiro atoms. The maximum absolute atomic E-state index is 6.20. The van der Waals surface area contributed by atoms with Crippen molar-refractivity contribution in [3.05, 3.63) is 132 Å². The van der Waals surface area contributed by atoms with Crippen molar-refractivity contribution in [1.82, 2.24) is 15.0 Å². The minimum atomic E-state index is -1.86. The first-order chi connectivity index (χ1) is 22.6. The van der Waals surface area contributed by atoms with Gasteiger partial charge in [-0.2, -0.15) is 0 Å². The number of rotatable bonds is 6. The number of aromatic nitrogens is 3. The van der Waals surface area contributed by atoms with Crippen molar-refractivity contribution in [2.75, 3.05) is 0 Å². The first-order valence-corrected chi connectivity index (χ1v) is 23.6. The van der Waals surface area contributed by atoms with Crippen LogP contribution in [0, 0.1) is 31.9 Å². The Hall–Kier alpha value is -3.90. The molecule has 4 heterocycles. The predicted molar refractivity (Wildman–Crippen MR) is 199 cm³/mol. The summed E-state index contributed by atoms with van der Waals surface area (Å²) in [6, 6.07) is 37.2. The summed E-state index contributed by atoms with van der Waals surface area (Å²) < 4.78 is 7.74. The fourth-order valence-electron chi connectivity index (χ4n) is 6.16. The number of nitrogens with zero attached hydrogens (tertiary/aromatic N) is 3. The molecule has 4 nitrogen and oxygen atoms in total. The van der Waals surface area contributed by atoms with E-state index in [2.05, 4.69) is 111 Å². The topological polar surface area (TPSA) is 51.8 Å². The molecule has 0 aliphatic carbocycles. The first-order valence-electron chi connectivity index (χ1n) is 16.3. The zero-order chi connectivity index (χ0) is 33.1. The number of pyridine rings is 3. The Morgan fingerprint density at radius 3 is 2.19 bits per heavy atom. The second kappa shape index (κ2) is 15.1. The summed E-state index contributed by atoms with van der Waals surface area (Å²) in [5.41, 5.74) is 11.3. The van der Waals surface area contributed by atoms with Gasteiger partial charge in [0, 0.05) is 37.3 Å². The van der Waals surface area contributed by atoms with Gasteiger partial charge in [0.2, 0.25) is 5.71 Å². The van der Waals surface area contributed by atoms with Gasteiger partial charge in [-0.05, 0) is 48.9 Å². The molecule has 6 heteroatoms. The zero-order valence-electron chi connectivity index (χ0n) is 28.7. The van der Waals surface area contributed by atoms with Crippen molar-refractivity contribution >= 4 is 39.7 Å². The summed E-state index contributed by atoms with van der Waals surface area (Å²) >= 11 is -1.86. The number of aryl methyl sites for hydroxylation is 2. The Bertz CT molecular complexity index is 2130. The quantitative estimate of drug-likeness (QED) is 0.123. The van der Waals surface area contributed by atoms with E-state index in [1.54, 1.807) is 10.6 Å². The Morgan fingerprint density at radius 1 is 0.750 bits per heavy atom. The maximum atomic E-state index is 6.20. The second-order valence-corrected chi connectivity index (χ2v) is 24.2. The smallest absolute Gasteiger partial charge is 0.216 e. The molecule has 0 bridgehead atoms. The largest absolute Gasteiger partial charge is 0.486 e. The van der Waals surface area contributed by atoms with Crippen LogP contribution in [0.3, 0.4) is 0 Å². The molecule has 7 rings (SSSR count). The van der Waals surface area contributed by atoms with Crippen molar-refractivity contribution in [3.8, 4) is 33.8 Å². The summed E-state index contributed by atoms with van der Waals surface area (Å²) in [6.07, 6.45) is 5.05. The Kier molecular flexibility index (Phi) is 11.1. The molecule has 0 N–H and O–H groups in total. The Balaban J connectivity index is 0.000000193. The van der Waals surface area contributed by atoms with Gasteiger partial charge in [0.05, 0.1) is 11.3 Å². The molecule has 0 atom stereocenters. The second-order valence-electron chi connectivity index (χ2n) is 13.6. The summed E-state index contributed by atoms with van der Waals surface area (Å²) in [7, 11) is 0. The van der Waals surface area contributed by atoms with Crippen LogP contribution in [0.1, 0.15) is 30.5 Å². The third-order valence-corrected chi connectivity index (χ3v) is 12.7. The van der Waals surface area contributed by atoms with Crippen LogP contribution in [0.25, 0.3) is 55.8 Å². The van der Waals surface area contributed by atoms with Crippen LogP contribution in [0.5, 0.6) is 0 Å². The van der Waals surface area contributed by atoms with Gasteiger partial charge in [0.1, 0.15) is 0 Å². The van der Waals surface area contributed by atoms with Gasteiger partial charge >= 0.3 is 126 Å². The van der Waals surface area contributed by atoms with E-state index >= 15 is 0 Å². The molecule has 0 aliphatic rings. The molecule has 0 unspecified atom stereocenters. The third-order valence-electron chi connectivity index (χ3n) is 8.37. The van der Waals surface area contributed by atoms with Crippen LogP contribution in [0.4, 0.5) is 0 Å². The standard InChI is InChI=1S/C24H17N2O.C18H24GeN.Ir/c1-15-7-5-8-16(2)22(15)21-13-12-18-17-9-6-10-19(20-11-3-4-14-25-20)23(17)27-24(18)26-21;1-14(2)11-16-12-18(15-9-7-6-8-10-15)20-13-17(16)19(3,4)5;/h3-9,11-14H,1-2H3;6-9,12-14H,11H2,1-5H3;/q2*-1;. The fraction of sp³-hybridized carbons (Fsp3) is 0.214. The van der Waals surface area contributed by atoms with E-state index in [0.717, 1.165) is 56.5 Å². The minimum absolute atomic E-state index is 0. The van der Waals surface area contributed by atoms with E-state index in [9.17, 15) is 0 Å². The van der Waals surface area contributed by atoms with Crippen LogP contribution in [0.15, 0.2) is 108 Å². The van der Waals surface area contributed by atoms with E-state index in [1.165, 1.54) is 16.7 Å². The molecule has 0 saturated carbocycles. The van der Waals surface area contributed by atoms with Crippen molar-refractivity contribution in [2.45, 2.75) is 51.4 Å². The van der Waals surface area contributed by atoms with Crippen molar-refractivity contribution < 1.29 is 24.5 Å². The van der Waals surface area contributed by atoms with Crippen molar-refractivity contribution in [2.24, 2.45) is 5.92 Å². The minimum Gasteiger partial charge on any atom is -0.486 e. The summed E-state index contributed by atoms with van der Waals surface area (Å²) in [5.74, 6) is 7.99. The van der Waals surface area contributed by atoms with Crippen LogP contribution in [-0.4, -0.2) is 28.2 Å². The monoisotopic (exact) mass is 870 g/mol. The fourth-order valence-corrected chi connectivity index (χ4v) is 9.50. The molecular formula is C42H41GeIrN3O-2. The first kappa shape index (κ1) is 35.4. The number of benzene rings is 3. The van der Waals surface area contributed by atoms with Gasteiger partial charge in [-0.3, -0.25) is 0 Å². The van der Waals surface area contributed by atoms with Crippen LogP contribution in [0.2, 0.25) is 17.3 Å². The van der Waals surface area contributed by atoms with Crippen LogP contribution in [-0.2, 0) is 26.5 Å². The van der Waals surface area contributed by atoms with Gasteiger partial charge in [-0.25, -0.2) is 4.98 Å². The summed E-state index contributed by atoms with van der Waals surface area (Å²) in [4.78, 5) is 14.0. The Morgan fingerprint density at radius 2 is 1.52 bits per heavy atom. The van der Waals surface area contributed by atoms with Crippen LogP contribution < -0.4 is 4.40 Å². The van der Waals surface area contributed by atoms with E-state index < -0.39 is 13.3 Å². The summed E-state index contributed by atoms with van der Waals surface area (Å²) in [5, 5.41) is 2.04. The van der Waals surface area contributed by atoms with E-state index in [-0.39, 0.29) is 20.1 Å². The maximum Gasteiger partial charge on any atom is 0.216 e. The summed E-state index contributed by atoms with van der Waals surface area (Å²) in [6.45, 7) is 8.80. The number of fused-ring (bicyclic) bond motifs is 3. The molecule has 0 aliphatic heterocycles. The molecule has 7 aromatic rings. The molecule has 3 aromatic carbocycles. The normalized spacial score (nSPS) is 11.3. The van der Waals surface area contributed by atoms with E-state index in [1.807, 2.05) is 48.5 Å². The SMILES string of the molecule is CC(C)Cc1cc(-c2[c-]cccc2)nc[c]1[Ge]([CH3])([CH3])[CH3].Cc1cccc(C)c1-c1ccc2c(n1)oc1c(-c3ccccn3)[c-]ccc12.[Ir]. The third kappa shape index (κ3) is 7.70. The number of hydrogen-bond donors (Lipinski definition) is 0. The van der Waals surface area contributed by atoms with Gasteiger partial charge in [0.25, 0.3) is 0 Å². The van der Waals surface area contributed by atoms with Gasteiger partial charge in [-0.1, -0.05) is 41.3 Å². The van der Waals surface area contributed by atoms with E-state index in [0.29, 0.717) is 11.6 Å². The molecule has 4 aromatic heterocycles. The van der Waals surface area contributed by atoms with Crippen LogP contribution >= 0.6 is 0 Å². The van der Waals surface area contributed by atoms with Gasteiger partial charge in [-0.15, -0.1) is 18.2 Å². The number of furan rings is 1. The zero-order valence-corrected chi connectivity index (χ0v) is 33.2. The van der Waals surface area contributed by atoms with Gasteiger partial charge in [0.15, 0.2) is 0 Å².